The minimum absolute atomic E-state index is 0.00219. The van der Waals surface area contributed by atoms with Gasteiger partial charge in [0.1, 0.15) is 0 Å². The van der Waals surface area contributed by atoms with E-state index in [1.807, 2.05) is 0 Å². The molecule has 6 heteroatoms. The molecule has 0 radical (unpaired) electrons. The molecule has 2 atom stereocenters. The molecule has 0 N–H and O–H groups in total. The topological polar surface area (TPSA) is 36.9 Å². The number of benzene rings is 4. The average Bonchev–Trinajstić information content (AvgIpc) is 3.05. The van der Waals surface area contributed by atoms with Gasteiger partial charge in [0.25, 0.3) is 16.6 Å². The van der Waals surface area contributed by atoms with Crippen LogP contribution in [0.4, 0.5) is 0 Å². The molecule has 1 aliphatic carbocycles. The fourth-order valence-electron chi connectivity index (χ4n) is 7.82. The largest absolute Gasteiger partial charge is 0.407 e. The first kappa shape index (κ1) is 34.5. The maximum Gasteiger partial charge on any atom is 0.261 e. The summed E-state index contributed by atoms with van der Waals surface area (Å²) in [6.07, 6.45) is 0.757. The third kappa shape index (κ3) is 6.12. The second kappa shape index (κ2) is 13.7. The molecule has 0 spiro atoms. The number of hydrogen-bond donors (Lipinski definition) is 0. The lowest BCUT2D eigenvalue weighted by atomic mass is 9.68. The van der Waals surface area contributed by atoms with Gasteiger partial charge in [-0.25, -0.2) is 0 Å². The van der Waals surface area contributed by atoms with Crippen LogP contribution < -0.4 is 20.7 Å². The Balaban J connectivity index is 1.52. The second-order valence-corrected chi connectivity index (χ2v) is 23.4. The Morgan fingerprint density at radius 2 is 0.826 bits per heavy atom. The normalized spacial score (nSPS) is 18.6. The number of methoxy groups -OCH3 is 2. The molecule has 0 saturated heterocycles. The van der Waals surface area contributed by atoms with Gasteiger partial charge in [0.2, 0.25) is 0 Å². The van der Waals surface area contributed by atoms with E-state index in [4.69, 9.17) is 18.3 Å². The molecule has 5 rings (SSSR count). The Bertz CT molecular complexity index is 1430. The second-order valence-electron chi connectivity index (χ2n) is 14.7. The Morgan fingerprint density at radius 3 is 1.11 bits per heavy atom. The summed E-state index contributed by atoms with van der Waals surface area (Å²) in [5.74, 6) is -0.507. The molecule has 0 aliphatic heterocycles. The van der Waals surface area contributed by atoms with E-state index in [1.165, 1.54) is 20.7 Å². The van der Waals surface area contributed by atoms with Crippen molar-refractivity contribution in [2.75, 3.05) is 27.4 Å². The summed E-state index contributed by atoms with van der Waals surface area (Å²) >= 11 is 0. The van der Waals surface area contributed by atoms with E-state index in [2.05, 4.69) is 163 Å². The third-order valence-corrected chi connectivity index (χ3v) is 20.2. The summed E-state index contributed by atoms with van der Waals surface area (Å²) in [5.41, 5.74) is 0. The number of hydrogen-bond acceptors (Lipinski definition) is 4. The molecule has 0 aromatic heterocycles. The molecule has 1 fully saturated rings. The maximum absolute atomic E-state index is 7.46. The summed E-state index contributed by atoms with van der Waals surface area (Å²) in [6, 6.07) is 43.4. The van der Waals surface area contributed by atoms with Crippen molar-refractivity contribution in [1.82, 2.24) is 0 Å². The first-order valence-electron chi connectivity index (χ1n) is 16.6. The molecule has 0 bridgehead atoms. The van der Waals surface area contributed by atoms with Gasteiger partial charge in [-0.05, 0) is 36.7 Å². The molecule has 4 aromatic rings. The Morgan fingerprint density at radius 1 is 0.522 bits per heavy atom. The zero-order valence-corrected chi connectivity index (χ0v) is 31.0. The van der Waals surface area contributed by atoms with Gasteiger partial charge in [-0.3, -0.25) is 0 Å². The molecule has 0 unspecified atom stereocenters. The maximum atomic E-state index is 7.46. The van der Waals surface area contributed by atoms with Crippen molar-refractivity contribution in [3.8, 4) is 0 Å². The zero-order valence-electron chi connectivity index (χ0n) is 29.0. The molecule has 244 valence electrons. The minimum Gasteiger partial charge on any atom is -0.407 e. The highest BCUT2D eigenvalue weighted by Crippen LogP contribution is 2.49. The van der Waals surface area contributed by atoms with E-state index < -0.39 is 22.4 Å². The quantitative estimate of drug-likeness (QED) is 0.125. The molecular weight excluding hydrogens is 601 g/mol. The Hall–Kier alpha value is -2.85. The van der Waals surface area contributed by atoms with Gasteiger partial charge in [0.05, 0.1) is 0 Å². The smallest absolute Gasteiger partial charge is 0.261 e. The Labute approximate surface area is 279 Å². The van der Waals surface area contributed by atoms with Gasteiger partial charge in [0, 0.05) is 39.8 Å². The van der Waals surface area contributed by atoms with E-state index in [0.717, 1.165) is 6.42 Å². The van der Waals surface area contributed by atoms with Crippen LogP contribution in [-0.4, -0.2) is 49.9 Å². The van der Waals surface area contributed by atoms with Crippen LogP contribution in [-0.2, 0) is 18.3 Å². The molecule has 0 amide bonds. The number of rotatable bonds is 12. The van der Waals surface area contributed by atoms with Gasteiger partial charge in [-0.1, -0.05) is 163 Å². The fourth-order valence-corrected chi connectivity index (χ4v) is 17.0. The molecule has 1 saturated carbocycles. The lowest BCUT2D eigenvalue weighted by Gasteiger charge is -2.55. The monoisotopic (exact) mass is 652 g/mol. The van der Waals surface area contributed by atoms with Gasteiger partial charge in [-0.2, -0.15) is 0 Å². The molecular formula is C40H52O4Si2. The van der Waals surface area contributed by atoms with Gasteiger partial charge in [0.15, 0.2) is 5.79 Å². The SMILES string of the molecule is COC1(OC)C[C@H](CO[Si](c2ccccc2)(c2ccccc2)C(C)(C)C)[C@H]1CO[Si](c1ccccc1)(c1ccccc1)C(C)(C)C. The standard InChI is InChI=1S/C40H52O4Si2/c1-38(2,3)45(33-21-13-9-14-22-33,34-23-15-10-16-24-34)43-30-32-29-40(41-7,42-8)37(32)31-44-46(39(4,5)6,35-25-17-11-18-26-35)36-27-19-12-20-28-36/h9-28,32,37H,29-31H2,1-8H3/t32-,37-/m1/s1. The minimum atomic E-state index is -2.75. The van der Waals surface area contributed by atoms with E-state index in [0.29, 0.717) is 13.2 Å². The van der Waals surface area contributed by atoms with Crippen molar-refractivity contribution in [1.29, 1.82) is 0 Å². The van der Waals surface area contributed by atoms with Crippen LogP contribution in [0.15, 0.2) is 121 Å². The highest BCUT2D eigenvalue weighted by atomic mass is 28.4. The summed E-state index contributed by atoms with van der Waals surface area (Å²) in [5, 5.41) is 4.90. The van der Waals surface area contributed by atoms with Crippen molar-refractivity contribution in [2.24, 2.45) is 11.8 Å². The van der Waals surface area contributed by atoms with E-state index in [1.54, 1.807) is 14.2 Å². The molecule has 0 heterocycles. The molecule has 1 aliphatic rings. The van der Waals surface area contributed by atoms with Gasteiger partial charge in [-0.15, -0.1) is 0 Å². The van der Waals surface area contributed by atoms with E-state index >= 15 is 0 Å². The van der Waals surface area contributed by atoms with Crippen molar-refractivity contribution >= 4 is 37.4 Å². The van der Waals surface area contributed by atoms with Crippen LogP contribution in [0.5, 0.6) is 0 Å². The van der Waals surface area contributed by atoms with Crippen LogP contribution in [0, 0.1) is 11.8 Å². The first-order valence-corrected chi connectivity index (χ1v) is 20.4. The summed E-state index contributed by atoms with van der Waals surface area (Å²) in [6.45, 7) is 15.1. The van der Waals surface area contributed by atoms with Crippen LogP contribution in [0.25, 0.3) is 0 Å². The summed E-state index contributed by atoms with van der Waals surface area (Å²) in [7, 11) is -1.92. The molecule has 4 nitrogen and oxygen atoms in total. The predicted molar refractivity (Wildman–Crippen MR) is 195 cm³/mol. The molecule has 4 aromatic carbocycles. The van der Waals surface area contributed by atoms with Crippen molar-refractivity contribution < 1.29 is 18.3 Å². The van der Waals surface area contributed by atoms with Crippen molar-refractivity contribution in [3.63, 3.8) is 0 Å². The van der Waals surface area contributed by atoms with Crippen molar-refractivity contribution in [3.05, 3.63) is 121 Å². The van der Waals surface area contributed by atoms with E-state index in [-0.39, 0.29) is 21.9 Å². The van der Waals surface area contributed by atoms with Gasteiger partial charge >= 0.3 is 0 Å². The van der Waals surface area contributed by atoms with Crippen LogP contribution in [0.2, 0.25) is 10.1 Å². The molecule has 46 heavy (non-hydrogen) atoms. The lowest BCUT2D eigenvalue weighted by Crippen LogP contribution is -2.70. The summed E-state index contributed by atoms with van der Waals surface area (Å²) in [4.78, 5) is 0. The van der Waals surface area contributed by atoms with Gasteiger partial charge < -0.3 is 18.3 Å². The average molecular weight is 653 g/mol. The van der Waals surface area contributed by atoms with Crippen LogP contribution in [0.1, 0.15) is 48.0 Å². The zero-order chi connectivity index (χ0) is 33.1. The number of ether oxygens (including phenoxy) is 2. The lowest BCUT2D eigenvalue weighted by molar-refractivity contribution is -0.318. The highest BCUT2D eigenvalue weighted by molar-refractivity contribution is 7.00. The predicted octanol–water partition coefficient (Wildman–Crippen LogP) is 6.76. The summed E-state index contributed by atoms with van der Waals surface area (Å²) < 4.78 is 27.2. The Kier molecular flexibility index (Phi) is 10.3. The third-order valence-electron chi connectivity index (χ3n) is 10.2. The van der Waals surface area contributed by atoms with Crippen molar-refractivity contribution in [2.45, 2.75) is 63.8 Å². The highest BCUT2D eigenvalue weighted by Gasteiger charge is 2.59. The van der Waals surface area contributed by atoms with Crippen LogP contribution >= 0.6 is 0 Å². The first-order chi connectivity index (χ1) is 21.9. The van der Waals surface area contributed by atoms with E-state index in [9.17, 15) is 0 Å². The fraction of sp³-hybridized carbons (Fsp3) is 0.400. The van der Waals surface area contributed by atoms with Crippen LogP contribution in [0.3, 0.4) is 0 Å².